The molecule has 4 aromatic rings. The highest BCUT2D eigenvalue weighted by Crippen LogP contribution is 2.42. The summed E-state index contributed by atoms with van der Waals surface area (Å²) in [5.74, 6) is 3.58. The van der Waals surface area contributed by atoms with E-state index in [0.29, 0.717) is 30.2 Å². The van der Waals surface area contributed by atoms with Crippen LogP contribution in [0.1, 0.15) is 49.8 Å². The molecule has 4 aromatic heterocycles. The molecule has 5 rings (SSSR count). The maximum absolute atomic E-state index is 5.98. The lowest BCUT2D eigenvalue weighted by Gasteiger charge is -2.34. The normalized spacial score (nSPS) is 18.5. The first kappa shape index (κ1) is 18.9. The zero-order valence-electron chi connectivity index (χ0n) is 16.9. The zero-order chi connectivity index (χ0) is 20.5. The Kier molecular flexibility index (Phi) is 5.04. The van der Waals surface area contributed by atoms with Gasteiger partial charge in [0, 0.05) is 29.4 Å². The van der Waals surface area contributed by atoms with Gasteiger partial charge in [-0.05, 0) is 36.8 Å². The van der Waals surface area contributed by atoms with Crippen molar-refractivity contribution in [3.8, 4) is 5.88 Å². The monoisotopic (exact) mass is 421 g/mol. The molecular formula is C21H23N7OS. The van der Waals surface area contributed by atoms with Crippen molar-refractivity contribution in [1.82, 2.24) is 30.4 Å². The number of thiazole rings is 1. The van der Waals surface area contributed by atoms with Gasteiger partial charge in [-0.1, -0.05) is 13.8 Å². The number of aromatic nitrogens is 6. The van der Waals surface area contributed by atoms with Crippen LogP contribution in [0.25, 0.3) is 10.2 Å². The molecule has 1 fully saturated rings. The van der Waals surface area contributed by atoms with E-state index >= 15 is 0 Å². The maximum Gasteiger partial charge on any atom is 0.236 e. The molecule has 1 saturated carbocycles. The quantitative estimate of drug-likeness (QED) is 0.448. The third-order valence-electron chi connectivity index (χ3n) is 5.56. The van der Waals surface area contributed by atoms with Gasteiger partial charge in [0.1, 0.15) is 0 Å². The van der Waals surface area contributed by atoms with Crippen LogP contribution in [0.4, 0.5) is 11.6 Å². The van der Waals surface area contributed by atoms with Gasteiger partial charge in [0.15, 0.2) is 11.6 Å². The fraction of sp³-hybridized carbons (Fsp3) is 0.381. The Balaban J connectivity index is 1.17. The van der Waals surface area contributed by atoms with Crippen LogP contribution in [-0.2, 0) is 0 Å². The fourth-order valence-corrected chi connectivity index (χ4v) is 4.54. The van der Waals surface area contributed by atoms with Crippen molar-refractivity contribution in [2.45, 2.75) is 38.5 Å². The lowest BCUT2D eigenvalue weighted by Crippen LogP contribution is -2.27. The number of aromatic amines is 1. The Bertz CT molecular complexity index is 1150. The Morgan fingerprint density at radius 2 is 2.13 bits per heavy atom. The number of ether oxygens (including phenoxy) is 1. The molecule has 8 nitrogen and oxygen atoms in total. The summed E-state index contributed by atoms with van der Waals surface area (Å²) in [6.07, 6.45) is 5.62. The van der Waals surface area contributed by atoms with Crippen LogP contribution in [0, 0.1) is 5.92 Å². The summed E-state index contributed by atoms with van der Waals surface area (Å²) in [5.41, 5.74) is 5.02. The molecule has 0 bridgehead atoms. The summed E-state index contributed by atoms with van der Waals surface area (Å²) in [6, 6.07) is 5.97. The average molecular weight is 422 g/mol. The molecule has 0 atom stereocenters. The number of nitrogens with zero attached hydrogens (tertiary/aromatic N) is 5. The smallest absolute Gasteiger partial charge is 0.236 e. The molecule has 30 heavy (non-hydrogen) atoms. The molecule has 0 spiro atoms. The van der Waals surface area contributed by atoms with Gasteiger partial charge in [0.05, 0.1) is 28.5 Å². The van der Waals surface area contributed by atoms with Crippen molar-refractivity contribution in [3.63, 3.8) is 0 Å². The number of anilines is 2. The van der Waals surface area contributed by atoms with E-state index in [1.54, 1.807) is 23.7 Å². The highest BCUT2D eigenvalue weighted by Gasteiger charge is 2.32. The number of nitrogens with one attached hydrogen (secondary N) is 2. The van der Waals surface area contributed by atoms with Crippen LogP contribution in [0.15, 0.2) is 36.1 Å². The Hall–Kier alpha value is -3.07. The van der Waals surface area contributed by atoms with Crippen LogP contribution in [0.2, 0.25) is 0 Å². The van der Waals surface area contributed by atoms with E-state index in [1.807, 2.05) is 17.6 Å². The molecule has 4 heterocycles. The van der Waals surface area contributed by atoms with Crippen LogP contribution in [-0.4, -0.2) is 37.0 Å². The second kappa shape index (κ2) is 7.98. The second-order valence-electron chi connectivity index (χ2n) is 7.99. The summed E-state index contributed by atoms with van der Waals surface area (Å²) >= 11 is 1.57. The lowest BCUT2D eigenvalue weighted by molar-refractivity contribution is 0.150. The molecule has 2 N–H and O–H groups in total. The van der Waals surface area contributed by atoms with E-state index in [4.69, 9.17) is 4.74 Å². The molecule has 154 valence electrons. The van der Waals surface area contributed by atoms with Crippen molar-refractivity contribution in [3.05, 3.63) is 47.4 Å². The molecular weight excluding hydrogens is 398 g/mol. The molecule has 0 unspecified atom stereocenters. The predicted molar refractivity (Wildman–Crippen MR) is 116 cm³/mol. The van der Waals surface area contributed by atoms with E-state index in [9.17, 15) is 0 Å². The van der Waals surface area contributed by atoms with Crippen molar-refractivity contribution in [2.24, 2.45) is 5.92 Å². The first-order valence-corrected chi connectivity index (χ1v) is 11.0. The Morgan fingerprint density at radius 3 is 3.00 bits per heavy atom. The first-order valence-electron chi connectivity index (χ1n) is 10.1. The van der Waals surface area contributed by atoms with Gasteiger partial charge in [-0.2, -0.15) is 10.2 Å². The van der Waals surface area contributed by atoms with Crippen molar-refractivity contribution >= 4 is 33.2 Å². The van der Waals surface area contributed by atoms with Gasteiger partial charge in [-0.15, -0.1) is 16.4 Å². The second-order valence-corrected chi connectivity index (χ2v) is 8.84. The minimum Gasteiger partial charge on any atom is -0.476 e. The first-order chi connectivity index (χ1) is 14.7. The lowest BCUT2D eigenvalue weighted by atomic mass is 9.74. The number of rotatable bonds is 7. The van der Waals surface area contributed by atoms with Gasteiger partial charge >= 0.3 is 0 Å². The van der Waals surface area contributed by atoms with Crippen LogP contribution in [0.5, 0.6) is 5.88 Å². The van der Waals surface area contributed by atoms with Crippen molar-refractivity contribution in [1.29, 1.82) is 0 Å². The minimum atomic E-state index is 0.367. The third kappa shape index (κ3) is 3.72. The summed E-state index contributed by atoms with van der Waals surface area (Å²) in [4.78, 5) is 8.75. The minimum absolute atomic E-state index is 0.367. The maximum atomic E-state index is 5.98. The van der Waals surface area contributed by atoms with Crippen LogP contribution in [0.3, 0.4) is 0 Å². The van der Waals surface area contributed by atoms with E-state index in [1.165, 1.54) is 0 Å². The number of fused-ring (bicyclic) bond motifs is 1. The standard InChI is InChI=1S/C21H23N7OS/c1-12(2)15-3-6-24-28-21(15)29-10-13-7-14(8-13)17-9-18(27-26-17)25-20-19-16(4-5-22-20)23-11-30-19/h3-6,9,11-14H,7-8,10H2,1-2H3,(H2,22,25,26,27)/t13-,14-. The largest absolute Gasteiger partial charge is 0.476 e. The Morgan fingerprint density at radius 1 is 1.23 bits per heavy atom. The highest BCUT2D eigenvalue weighted by molar-refractivity contribution is 7.17. The molecule has 0 aromatic carbocycles. The van der Waals surface area contributed by atoms with E-state index in [2.05, 4.69) is 55.6 Å². The summed E-state index contributed by atoms with van der Waals surface area (Å²) in [7, 11) is 0. The van der Waals surface area contributed by atoms with Gasteiger partial charge < -0.3 is 10.1 Å². The Labute approximate surface area is 178 Å². The van der Waals surface area contributed by atoms with Gasteiger partial charge in [-0.25, -0.2) is 9.97 Å². The van der Waals surface area contributed by atoms with E-state index in [0.717, 1.165) is 46.0 Å². The average Bonchev–Trinajstić information content (AvgIpc) is 3.37. The summed E-state index contributed by atoms with van der Waals surface area (Å²) < 4.78 is 7.01. The fourth-order valence-electron chi connectivity index (χ4n) is 3.81. The molecule has 9 heteroatoms. The molecule has 0 saturated heterocycles. The van der Waals surface area contributed by atoms with Crippen molar-refractivity contribution < 1.29 is 4.74 Å². The van der Waals surface area contributed by atoms with Gasteiger partial charge in [-0.3, -0.25) is 5.10 Å². The summed E-state index contributed by atoms with van der Waals surface area (Å²) in [6.45, 7) is 4.95. The van der Waals surface area contributed by atoms with Crippen molar-refractivity contribution in [2.75, 3.05) is 11.9 Å². The van der Waals surface area contributed by atoms with E-state index < -0.39 is 0 Å². The van der Waals surface area contributed by atoms with Gasteiger partial charge in [0.25, 0.3) is 0 Å². The zero-order valence-corrected chi connectivity index (χ0v) is 17.7. The third-order valence-corrected chi connectivity index (χ3v) is 6.41. The topological polar surface area (TPSA) is 102 Å². The number of hydrogen-bond donors (Lipinski definition) is 2. The number of hydrogen-bond acceptors (Lipinski definition) is 8. The molecule has 1 aliphatic rings. The van der Waals surface area contributed by atoms with E-state index in [-0.39, 0.29) is 0 Å². The predicted octanol–water partition coefficient (Wildman–Crippen LogP) is 4.64. The molecule has 1 aliphatic carbocycles. The van der Waals surface area contributed by atoms with Gasteiger partial charge in [0.2, 0.25) is 5.88 Å². The summed E-state index contributed by atoms with van der Waals surface area (Å²) in [5, 5.41) is 19.0. The molecule has 0 radical (unpaired) electrons. The number of pyridine rings is 1. The number of H-pyrrole nitrogens is 1. The molecule has 0 amide bonds. The van der Waals surface area contributed by atoms with Crippen LogP contribution < -0.4 is 10.1 Å². The SMILES string of the molecule is CC(C)c1ccnnc1OC[C@H]1C[C@H](c2cc(Nc3nccc4ncsc34)n[nH]2)C1. The van der Waals surface area contributed by atoms with Crippen LogP contribution >= 0.6 is 11.3 Å². The highest BCUT2D eigenvalue weighted by atomic mass is 32.1. The molecule has 0 aliphatic heterocycles.